The third-order valence-electron chi connectivity index (χ3n) is 2.82. The normalized spacial score (nSPS) is 12.7. The van der Waals surface area contributed by atoms with Gasteiger partial charge in [0.15, 0.2) is 11.5 Å². The van der Waals surface area contributed by atoms with Crippen LogP contribution in [0.15, 0.2) is 18.2 Å². The Morgan fingerprint density at radius 2 is 2.06 bits per heavy atom. The van der Waals surface area contributed by atoms with E-state index in [0.29, 0.717) is 6.42 Å². The number of nitrogens with zero attached hydrogens (tertiary/aromatic N) is 2. The zero-order chi connectivity index (χ0) is 11.8. The lowest BCUT2D eigenvalue weighted by Gasteiger charge is -2.05. The molecule has 17 heavy (non-hydrogen) atoms. The minimum Gasteiger partial charge on any atom is -0.454 e. The first kappa shape index (κ1) is 9.91. The quantitative estimate of drug-likeness (QED) is 0.748. The van der Waals surface area contributed by atoms with Gasteiger partial charge in [-0.2, -0.15) is 5.26 Å². The summed E-state index contributed by atoms with van der Waals surface area (Å²) in [6.45, 7) is 2.27. The number of benzene rings is 1. The van der Waals surface area contributed by atoms with Crippen LogP contribution in [0.25, 0.3) is 10.9 Å². The molecule has 1 aliphatic heterocycles. The topological polar surface area (TPSA) is 55.1 Å². The number of aryl methyl sites for hydroxylation is 1. The Bertz CT molecular complexity index is 644. The van der Waals surface area contributed by atoms with Crippen molar-refractivity contribution in [3.63, 3.8) is 0 Å². The van der Waals surface area contributed by atoms with Crippen molar-refractivity contribution in [3.05, 3.63) is 29.5 Å². The van der Waals surface area contributed by atoms with Gasteiger partial charge in [-0.1, -0.05) is 0 Å². The van der Waals surface area contributed by atoms with Gasteiger partial charge in [-0.15, -0.1) is 0 Å². The maximum Gasteiger partial charge on any atom is 0.231 e. The second-order valence-electron chi connectivity index (χ2n) is 3.99. The molecule has 4 nitrogen and oxygen atoms in total. The van der Waals surface area contributed by atoms with Crippen LogP contribution in [0.5, 0.6) is 11.5 Å². The van der Waals surface area contributed by atoms with Crippen molar-refractivity contribution in [3.8, 4) is 17.6 Å². The average molecular weight is 226 g/mol. The van der Waals surface area contributed by atoms with Crippen LogP contribution in [0.3, 0.4) is 0 Å². The Balaban J connectivity index is 2.25. The van der Waals surface area contributed by atoms with Gasteiger partial charge in [0.05, 0.1) is 23.7 Å². The van der Waals surface area contributed by atoms with Crippen molar-refractivity contribution >= 4 is 10.9 Å². The minimum absolute atomic E-state index is 0.260. The number of ether oxygens (including phenoxy) is 2. The summed E-state index contributed by atoms with van der Waals surface area (Å²) in [6, 6.07) is 7.86. The fourth-order valence-corrected chi connectivity index (χ4v) is 2.03. The van der Waals surface area contributed by atoms with E-state index in [9.17, 15) is 0 Å². The molecule has 0 saturated heterocycles. The summed E-state index contributed by atoms with van der Waals surface area (Å²) in [5.41, 5.74) is 2.73. The zero-order valence-corrected chi connectivity index (χ0v) is 9.36. The second kappa shape index (κ2) is 3.63. The first-order valence-electron chi connectivity index (χ1n) is 5.35. The van der Waals surface area contributed by atoms with Gasteiger partial charge >= 0.3 is 0 Å². The second-order valence-corrected chi connectivity index (χ2v) is 3.99. The van der Waals surface area contributed by atoms with Crippen LogP contribution in [-0.4, -0.2) is 11.8 Å². The lowest BCUT2D eigenvalue weighted by atomic mass is 10.1. The van der Waals surface area contributed by atoms with Gasteiger partial charge in [-0.25, -0.2) is 0 Å². The molecule has 2 heterocycles. The Morgan fingerprint density at radius 1 is 1.29 bits per heavy atom. The molecule has 2 aromatic rings. The van der Waals surface area contributed by atoms with Crippen LogP contribution >= 0.6 is 0 Å². The van der Waals surface area contributed by atoms with Crippen LogP contribution in [0.4, 0.5) is 0 Å². The van der Waals surface area contributed by atoms with Gasteiger partial charge in [0, 0.05) is 11.5 Å². The highest BCUT2D eigenvalue weighted by Crippen LogP contribution is 2.36. The predicted octanol–water partition coefficient (Wildman–Crippen LogP) is 2.34. The van der Waals surface area contributed by atoms with Crippen molar-refractivity contribution in [1.82, 2.24) is 4.98 Å². The molecule has 0 amide bonds. The SMILES string of the molecule is Cc1cc(CC#N)nc2cc3c(cc12)OCO3. The molecule has 0 N–H and O–H groups in total. The molecule has 0 fully saturated rings. The van der Waals surface area contributed by atoms with Crippen molar-refractivity contribution in [2.75, 3.05) is 6.79 Å². The lowest BCUT2D eigenvalue weighted by Crippen LogP contribution is -1.92. The summed E-state index contributed by atoms with van der Waals surface area (Å²) < 4.78 is 10.7. The number of rotatable bonds is 1. The summed E-state index contributed by atoms with van der Waals surface area (Å²) in [4.78, 5) is 4.45. The number of fused-ring (bicyclic) bond motifs is 2. The highest BCUT2D eigenvalue weighted by atomic mass is 16.7. The maximum absolute atomic E-state index is 8.70. The predicted molar refractivity (Wildman–Crippen MR) is 61.9 cm³/mol. The Labute approximate surface area is 98.4 Å². The lowest BCUT2D eigenvalue weighted by molar-refractivity contribution is 0.174. The maximum atomic E-state index is 8.70. The van der Waals surface area contributed by atoms with Crippen LogP contribution in [-0.2, 0) is 6.42 Å². The summed E-state index contributed by atoms with van der Waals surface area (Å²) >= 11 is 0. The number of nitriles is 1. The third kappa shape index (κ3) is 1.56. The fraction of sp³-hybridized carbons (Fsp3) is 0.231. The molecule has 1 aromatic heterocycles. The molecule has 0 spiro atoms. The van der Waals surface area contributed by atoms with E-state index in [1.165, 1.54) is 0 Å². The number of hydrogen-bond donors (Lipinski definition) is 0. The molecule has 1 aliphatic rings. The van der Waals surface area contributed by atoms with E-state index in [1.54, 1.807) is 0 Å². The van der Waals surface area contributed by atoms with Crippen molar-refractivity contribution < 1.29 is 9.47 Å². The summed E-state index contributed by atoms with van der Waals surface area (Å²) in [7, 11) is 0. The van der Waals surface area contributed by atoms with Crippen LogP contribution in [0.1, 0.15) is 11.3 Å². The van der Waals surface area contributed by atoms with E-state index >= 15 is 0 Å². The van der Waals surface area contributed by atoms with E-state index in [1.807, 2.05) is 25.1 Å². The van der Waals surface area contributed by atoms with Crippen LogP contribution < -0.4 is 9.47 Å². The number of hydrogen-bond acceptors (Lipinski definition) is 4. The van der Waals surface area contributed by atoms with Gasteiger partial charge in [0.1, 0.15) is 0 Å². The molecule has 0 bridgehead atoms. The summed E-state index contributed by atoms with van der Waals surface area (Å²) in [5.74, 6) is 1.48. The first-order valence-corrected chi connectivity index (χ1v) is 5.35. The third-order valence-corrected chi connectivity index (χ3v) is 2.82. The van der Waals surface area contributed by atoms with Crippen molar-refractivity contribution in [2.24, 2.45) is 0 Å². The number of aromatic nitrogens is 1. The number of pyridine rings is 1. The zero-order valence-electron chi connectivity index (χ0n) is 9.36. The fourth-order valence-electron chi connectivity index (χ4n) is 2.03. The molecular formula is C13H10N2O2. The molecule has 0 saturated carbocycles. The summed E-state index contributed by atoms with van der Waals surface area (Å²) in [5, 5.41) is 9.74. The van der Waals surface area contributed by atoms with Gasteiger partial charge in [-0.05, 0) is 24.6 Å². The van der Waals surface area contributed by atoms with Gasteiger partial charge in [-0.3, -0.25) is 4.98 Å². The van der Waals surface area contributed by atoms with Crippen molar-refractivity contribution in [1.29, 1.82) is 5.26 Å². The first-order chi connectivity index (χ1) is 8.28. The smallest absolute Gasteiger partial charge is 0.231 e. The van der Waals surface area contributed by atoms with E-state index in [2.05, 4.69) is 11.1 Å². The highest BCUT2D eigenvalue weighted by molar-refractivity contribution is 5.86. The standard InChI is InChI=1S/C13H10N2O2/c1-8-4-9(2-3-14)15-11-6-13-12(5-10(8)11)16-7-17-13/h4-6H,2,7H2,1H3. The highest BCUT2D eigenvalue weighted by Gasteiger charge is 2.15. The molecule has 84 valence electrons. The summed E-state index contributed by atoms with van der Waals surface area (Å²) in [6.07, 6.45) is 0.325. The Morgan fingerprint density at radius 3 is 2.82 bits per heavy atom. The van der Waals surface area contributed by atoms with Crippen LogP contribution in [0.2, 0.25) is 0 Å². The average Bonchev–Trinajstić information content (AvgIpc) is 2.74. The van der Waals surface area contributed by atoms with Crippen molar-refractivity contribution in [2.45, 2.75) is 13.3 Å². The van der Waals surface area contributed by atoms with Gasteiger partial charge in [0.25, 0.3) is 0 Å². The Kier molecular flexibility index (Phi) is 2.12. The molecule has 3 rings (SSSR count). The molecule has 0 aliphatic carbocycles. The molecule has 0 radical (unpaired) electrons. The van der Waals surface area contributed by atoms with Crippen LogP contribution in [0, 0.1) is 18.3 Å². The van der Waals surface area contributed by atoms with E-state index < -0.39 is 0 Å². The molecule has 0 unspecified atom stereocenters. The molecule has 4 heteroatoms. The minimum atomic E-state index is 0.260. The van der Waals surface area contributed by atoms with Gasteiger partial charge < -0.3 is 9.47 Å². The molecule has 0 atom stereocenters. The van der Waals surface area contributed by atoms with E-state index in [0.717, 1.165) is 33.7 Å². The van der Waals surface area contributed by atoms with Gasteiger partial charge in [0.2, 0.25) is 6.79 Å². The monoisotopic (exact) mass is 226 g/mol. The van der Waals surface area contributed by atoms with E-state index in [-0.39, 0.29) is 6.79 Å². The largest absolute Gasteiger partial charge is 0.454 e. The molecule has 1 aromatic carbocycles. The molecular weight excluding hydrogens is 216 g/mol. The van der Waals surface area contributed by atoms with E-state index in [4.69, 9.17) is 14.7 Å². The Hall–Kier alpha value is -2.28.